The molecule has 6 heteroatoms. The first-order chi connectivity index (χ1) is 8.82. The third-order valence-electron chi connectivity index (χ3n) is 2.73. The van der Waals surface area contributed by atoms with Gasteiger partial charge in [-0.1, -0.05) is 13.8 Å². The van der Waals surface area contributed by atoms with E-state index in [1.165, 1.54) is 6.07 Å². The number of nitrogens with zero attached hydrogens (tertiary/aromatic N) is 1. The zero-order valence-corrected chi connectivity index (χ0v) is 11.2. The van der Waals surface area contributed by atoms with Crippen LogP contribution in [0.5, 0.6) is 5.75 Å². The summed E-state index contributed by atoms with van der Waals surface area (Å²) in [6.45, 7) is 6.02. The Bertz CT molecular complexity index is 496. The number of nitro benzene ring substituents is 1. The molecule has 0 unspecified atom stereocenters. The van der Waals surface area contributed by atoms with Crippen LogP contribution in [0.1, 0.15) is 36.2 Å². The summed E-state index contributed by atoms with van der Waals surface area (Å²) in [6, 6.07) is 2.37. The number of aromatic carboxylic acids is 1. The smallest absolute Gasteiger partial charge is 0.336 e. The lowest BCUT2D eigenvalue weighted by molar-refractivity contribution is -0.385. The quantitative estimate of drug-likeness (QED) is 0.632. The summed E-state index contributed by atoms with van der Waals surface area (Å²) in [5.74, 6) is -0.512. The monoisotopic (exact) mass is 267 g/mol. The minimum absolute atomic E-state index is 0.142. The van der Waals surface area contributed by atoms with Crippen LogP contribution in [0.2, 0.25) is 0 Å². The van der Waals surface area contributed by atoms with Crippen molar-refractivity contribution in [2.24, 2.45) is 5.92 Å². The molecule has 6 nitrogen and oxygen atoms in total. The van der Waals surface area contributed by atoms with Gasteiger partial charge in [-0.2, -0.15) is 0 Å². The van der Waals surface area contributed by atoms with Crippen LogP contribution in [0.4, 0.5) is 5.69 Å². The number of rotatable bonds is 6. The van der Waals surface area contributed by atoms with E-state index < -0.39 is 10.9 Å². The van der Waals surface area contributed by atoms with E-state index in [-0.39, 0.29) is 17.0 Å². The maximum absolute atomic E-state index is 10.9. The molecular weight excluding hydrogens is 250 g/mol. The molecule has 0 spiro atoms. The van der Waals surface area contributed by atoms with Crippen LogP contribution >= 0.6 is 0 Å². The van der Waals surface area contributed by atoms with Crippen molar-refractivity contribution in [3.63, 3.8) is 0 Å². The van der Waals surface area contributed by atoms with Crippen LogP contribution in [-0.4, -0.2) is 22.6 Å². The molecule has 0 heterocycles. The first-order valence-electron chi connectivity index (χ1n) is 5.98. The fourth-order valence-corrected chi connectivity index (χ4v) is 1.54. The Kier molecular flexibility index (Phi) is 4.86. The molecule has 0 aromatic heterocycles. The maximum atomic E-state index is 10.9. The molecule has 0 amide bonds. The first kappa shape index (κ1) is 14.9. The number of benzene rings is 1. The lowest BCUT2D eigenvalue weighted by atomic mass is 10.1. The molecule has 0 aliphatic heterocycles. The van der Waals surface area contributed by atoms with Gasteiger partial charge in [-0.25, -0.2) is 4.79 Å². The zero-order valence-electron chi connectivity index (χ0n) is 11.2. The van der Waals surface area contributed by atoms with Crippen molar-refractivity contribution < 1.29 is 19.6 Å². The molecule has 1 N–H and O–H groups in total. The zero-order chi connectivity index (χ0) is 14.6. The predicted molar refractivity (Wildman–Crippen MR) is 69.7 cm³/mol. The van der Waals surface area contributed by atoms with Gasteiger partial charge in [0.1, 0.15) is 5.75 Å². The molecule has 1 aromatic carbocycles. The summed E-state index contributed by atoms with van der Waals surface area (Å²) < 4.78 is 5.46. The van der Waals surface area contributed by atoms with Gasteiger partial charge in [0.2, 0.25) is 0 Å². The molecule has 0 bridgehead atoms. The minimum atomic E-state index is -1.21. The van der Waals surface area contributed by atoms with Gasteiger partial charge in [-0.05, 0) is 25.3 Å². The normalized spacial score (nSPS) is 10.5. The Balaban J connectivity index is 3.07. The van der Waals surface area contributed by atoms with Crippen LogP contribution < -0.4 is 4.74 Å². The molecule has 0 saturated carbocycles. The highest BCUT2D eigenvalue weighted by Gasteiger charge is 2.19. The highest BCUT2D eigenvalue weighted by Crippen LogP contribution is 2.29. The van der Waals surface area contributed by atoms with Crippen LogP contribution in [0, 0.1) is 23.0 Å². The van der Waals surface area contributed by atoms with Gasteiger partial charge in [-0.3, -0.25) is 10.1 Å². The lowest BCUT2D eigenvalue weighted by Crippen LogP contribution is -2.06. The second kappa shape index (κ2) is 6.17. The van der Waals surface area contributed by atoms with Crippen LogP contribution in [0.15, 0.2) is 12.1 Å². The Morgan fingerprint density at radius 2 is 2.11 bits per heavy atom. The minimum Gasteiger partial charge on any atom is -0.493 e. The second-order valence-corrected chi connectivity index (χ2v) is 4.71. The van der Waals surface area contributed by atoms with Gasteiger partial charge in [0, 0.05) is 6.07 Å². The van der Waals surface area contributed by atoms with Gasteiger partial charge in [0.15, 0.2) is 0 Å². The van der Waals surface area contributed by atoms with Crippen LogP contribution in [0.25, 0.3) is 0 Å². The van der Waals surface area contributed by atoms with E-state index in [4.69, 9.17) is 9.84 Å². The summed E-state index contributed by atoms with van der Waals surface area (Å²) in [6.07, 6.45) is 0.796. The van der Waals surface area contributed by atoms with E-state index in [1.54, 1.807) is 6.92 Å². The molecule has 0 radical (unpaired) electrons. The van der Waals surface area contributed by atoms with E-state index in [9.17, 15) is 14.9 Å². The molecule has 1 rings (SSSR count). The summed E-state index contributed by atoms with van der Waals surface area (Å²) >= 11 is 0. The number of ether oxygens (including phenoxy) is 1. The van der Waals surface area contributed by atoms with Crippen LogP contribution in [-0.2, 0) is 0 Å². The summed E-state index contributed by atoms with van der Waals surface area (Å²) in [5, 5.41) is 19.8. The number of hydrogen-bond donors (Lipinski definition) is 1. The fourth-order valence-electron chi connectivity index (χ4n) is 1.54. The highest BCUT2D eigenvalue weighted by atomic mass is 16.6. The van der Waals surface area contributed by atoms with Gasteiger partial charge < -0.3 is 9.84 Å². The number of carboxylic acids is 1. The van der Waals surface area contributed by atoms with Crippen molar-refractivity contribution in [1.29, 1.82) is 0 Å². The Hall–Kier alpha value is -2.11. The molecule has 1 aromatic rings. The maximum Gasteiger partial charge on any atom is 0.336 e. The molecule has 0 atom stereocenters. The number of carboxylic acid groups (broad SMARTS) is 1. The van der Waals surface area contributed by atoms with Crippen molar-refractivity contribution in [3.8, 4) is 5.75 Å². The van der Waals surface area contributed by atoms with E-state index in [1.807, 2.05) is 13.8 Å². The Morgan fingerprint density at radius 3 is 2.58 bits per heavy atom. The topological polar surface area (TPSA) is 89.7 Å². The summed E-state index contributed by atoms with van der Waals surface area (Å²) in [4.78, 5) is 21.2. The van der Waals surface area contributed by atoms with Gasteiger partial charge >= 0.3 is 5.97 Å². The lowest BCUT2D eigenvalue weighted by Gasteiger charge is -2.11. The number of nitro groups is 1. The number of carbonyl (C=O) groups is 1. The molecular formula is C13H17NO5. The fraction of sp³-hybridized carbons (Fsp3) is 0.462. The predicted octanol–water partition coefficient (Wildman–Crippen LogP) is 3.03. The first-order valence-corrected chi connectivity index (χ1v) is 5.98. The SMILES string of the molecule is Cc1c(OCCC(C)C)cc(C(=O)O)cc1[N+](=O)[O-]. The van der Waals surface area contributed by atoms with Crippen LogP contribution in [0.3, 0.4) is 0 Å². The second-order valence-electron chi connectivity index (χ2n) is 4.71. The summed E-state index contributed by atoms with van der Waals surface area (Å²) in [7, 11) is 0. The van der Waals surface area contributed by atoms with E-state index >= 15 is 0 Å². The average Bonchev–Trinajstić information content (AvgIpc) is 2.30. The van der Waals surface area contributed by atoms with E-state index in [0.29, 0.717) is 18.1 Å². The largest absolute Gasteiger partial charge is 0.493 e. The molecule has 0 fully saturated rings. The van der Waals surface area contributed by atoms with Crippen molar-refractivity contribution in [1.82, 2.24) is 0 Å². The van der Waals surface area contributed by atoms with Crippen molar-refractivity contribution >= 4 is 11.7 Å². The molecule has 0 aliphatic rings. The average molecular weight is 267 g/mol. The van der Waals surface area contributed by atoms with E-state index in [0.717, 1.165) is 12.5 Å². The van der Waals surface area contributed by atoms with E-state index in [2.05, 4.69) is 0 Å². The molecule has 0 aliphatic carbocycles. The Labute approximate surface area is 111 Å². The highest BCUT2D eigenvalue weighted by molar-refractivity contribution is 5.89. The number of hydrogen-bond acceptors (Lipinski definition) is 4. The standard InChI is InChI=1S/C13H17NO5/c1-8(2)4-5-19-12-7-10(13(15)16)6-11(9(12)3)14(17)18/h6-8H,4-5H2,1-3H3,(H,15,16). The third-order valence-corrected chi connectivity index (χ3v) is 2.73. The van der Waals surface area contributed by atoms with Gasteiger partial charge in [0.05, 0.1) is 22.7 Å². The van der Waals surface area contributed by atoms with Gasteiger partial charge in [-0.15, -0.1) is 0 Å². The molecule has 0 saturated heterocycles. The van der Waals surface area contributed by atoms with Crippen molar-refractivity contribution in [2.75, 3.05) is 6.61 Å². The summed E-state index contributed by atoms with van der Waals surface area (Å²) in [5.41, 5.74) is -0.0324. The molecule has 104 valence electrons. The van der Waals surface area contributed by atoms with Gasteiger partial charge in [0.25, 0.3) is 5.69 Å². The van der Waals surface area contributed by atoms with Crippen molar-refractivity contribution in [3.05, 3.63) is 33.4 Å². The molecule has 19 heavy (non-hydrogen) atoms. The Morgan fingerprint density at radius 1 is 1.47 bits per heavy atom. The van der Waals surface area contributed by atoms with Crippen molar-refractivity contribution in [2.45, 2.75) is 27.2 Å². The third kappa shape index (κ3) is 3.94.